The van der Waals surface area contributed by atoms with Crippen molar-refractivity contribution >= 4 is 23.1 Å². The Labute approximate surface area is 83.4 Å². The van der Waals surface area contributed by atoms with Gasteiger partial charge in [-0.05, 0) is 13.3 Å². The largest absolute Gasteiger partial charge is 0.299 e. The Hall–Kier alpha value is -0.370. The number of carbonyl (C=O) groups is 1. The lowest BCUT2D eigenvalue weighted by atomic mass is 9.79. The molecular formula is C10H14ClNO. The summed E-state index contributed by atoms with van der Waals surface area (Å²) in [6, 6.07) is 0. The van der Waals surface area contributed by atoms with Crippen LogP contribution in [-0.4, -0.2) is 23.4 Å². The quantitative estimate of drug-likeness (QED) is 0.595. The van der Waals surface area contributed by atoms with Crippen molar-refractivity contribution in [3.63, 3.8) is 0 Å². The molecular weight excluding hydrogens is 186 g/mol. The zero-order chi connectivity index (χ0) is 9.42. The molecule has 0 spiro atoms. The van der Waals surface area contributed by atoms with Gasteiger partial charge >= 0.3 is 0 Å². The Bertz CT molecular complexity index is 260. The van der Waals surface area contributed by atoms with Crippen molar-refractivity contribution in [3.05, 3.63) is 0 Å². The van der Waals surface area contributed by atoms with Crippen LogP contribution in [-0.2, 0) is 4.79 Å². The molecule has 1 saturated carbocycles. The molecule has 3 heteroatoms. The molecule has 2 nitrogen and oxygen atoms in total. The molecule has 0 bridgehead atoms. The molecule has 13 heavy (non-hydrogen) atoms. The summed E-state index contributed by atoms with van der Waals surface area (Å²) >= 11 is 6.08. The minimum Gasteiger partial charge on any atom is -0.299 e. The number of aliphatic imine (C=N–C) groups is 1. The maximum Gasteiger partial charge on any atom is 0.138 e. The smallest absolute Gasteiger partial charge is 0.138 e. The first-order chi connectivity index (χ1) is 6.18. The van der Waals surface area contributed by atoms with E-state index in [1.807, 2.05) is 6.92 Å². The highest BCUT2D eigenvalue weighted by atomic mass is 35.5. The number of nitrogens with zero attached hydrogens (tertiary/aromatic N) is 1. The first-order valence-corrected chi connectivity index (χ1v) is 5.31. The summed E-state index contributed by atoms with van der Waals surface area (Å²) < 4.78 is 0. The molecule has 72 valence electrons. The van der Waals surface area contributed by atoms with E-state index >= 15 is 0 Å². The number of Topliss-reactive ketones (excluding diaryl/α,β-unsaturated/α-hetero) is 1. The third-order valence-corrected chi connectivity index (χ3v) is 3.48. The highest BCUT2D eigenvalue weighted by molar-refractivity contribution is 6.21. The molecule has 0 N–H and O–H groups in total. The van der Waals surface area contributed by atoms with Crippen molar-refractivity contribution in [2.24, 2.45) is 16.8 Å². The third-order valence-electron chi connectivity index (χ3n) is 3.15. The fourth-order valence-electron chi connectivity index (χ4n) is 2.35. The van der Waals surface area contributed by atoms with Crippen molar-refractivity contribution in [2.45, 2.75) is 31.6 Å². The zero-order valence-electron chi connectivity index (χ0n) is 7.79. The number of carbonyl (C=O) groups excluding carboxylic acids is 1. The van der Waals surface area contributed by atoms with E-state index in [0.29, 0.717) is 24.0 Å². The SMILES string of the molecule is CC(Cl)C1CN=C2CC(=O)CCC21. The number of hydrogen-bond acceptors (Lipinski definition) is 2. The summed E-state index contributed by atoms with van der Waals surface area (Å²) in [4.78, 5) is 15.6. The Morgan fingerprint density at radius 2 is 2.38 bits per heavy atom. The minimum absolute atomic E-state index is 0.180. The lowest BCUT2D eigenvalue weighted by molar-refractivity contribution is -0.118. The first kappa shape index (κ1) is 9.20. The van der Waals surface area contributed by atoms with Crippen LogP contribution in [0.15, 0.2) is 4.99 Å². The van der Waals surface area contributed by atoms with E-state index in [0.717, 1.165) is 25.1 Å². The molecule has 0 aromatic rings. The molecule has 0 radical (unpaired) electrons. The van der Waals surface area contributed by atoms with Gasteiger partial charge in [0, 0.05) is 42.3 Å². The molecule has 3 unspecified atom stereocenters. The van der Waals surface area contributed by atoms with Crippen LogP contribution in [0.25, 0.3) is 0 Å². The predicted octanol–water partition coefficient (Wildman–Crippen LogP) is 2.05. The Balaban J connectivity index is 2.10. The van der Waals surface area contributed by atoms with E-state index < -0.39 is 0 Å². The van der Waals surface area contributed by atoms with E-state index in [2.05, 4.69) is 4.99 Å². The summed E-state index contributed by atoms with van der Waals surface area (Å²) in [5.74, 6) is 1.33. The van der Waals surface area contributed by atoms with Gasteiger partial charge in [-0.3, -0.25) is 9.79 Å². The molecule has 1 aliphatic heterocycles. The summed E-state index contributed by atoms with van der Waals surface area (Å²) in [6.45, 7) is 2.86. The predicted molar refractivity (Wildman–Crippen MR) is 53.5 cm³/mol. The number of ketones is 1. The molecule has 1 heterocycles. The van der Waals surface area contributed by atoms with E-state index in [1.54, 1.807) is 0 Å². The molecule has 2 aliphatic rings. The van der Waals surface area contributed by atoms with E-state index in [-0.39, 0.29) is 5.38 Å². The van der Waals surface area contributed by atoms with Crippen molar-refractivity contribution in [1.29, 1.82) is 0 Å². The minimum atomic E-state index is 0.180. The summed E-state index contributed by atoms with van der Waals surface area (Å²) in [5.41, 5.74) is 1.12. The van der Waals surface area contributed by atoms with Gasteiger partial charge in [0.25, 0.3) is 0 Å². The van der Waals surface area contributed by atoms with Gasteiger partial charge in [-0.15, -0.1) is 11.6 Å². The monoisotopic (exact) mass is 199 g/mol. The highest BCUT2D eigenvalue weighted by Crippen LogP contribution is 2.35. The Morgan fingerprint density at radius 1 is 1.62 bits per heavy atom. The first-order valence-electron chi connectivity index (χ1n) is 4.87. The number of fused-ring (bicyclic) bond motifs is 1. The third kappa shape index (κ3) is 1.64. The van der Waals surface area contributed by atoms with E-state index in [1.165, 1.54) is 0 Å². The summed E-state index contributed by atoms with van der Waals surface area (Å²) in [5, 5.41) is 0.180. The molecule has 0 saturated heterocycles. The topological polar surface area (TPSA) is 29.4 Å². The van der Waals surface area contributed by atoms with Crippen LogP contribution in [0.3, 0.4) is 0 Å². The van der Waals surface area contributed by atoms with Gasteiger partial charge in [0.05, 0.1) is 0 Å². The molecule has 3 atom stereocenters. The normalized spacial score (nSPS) is 35.5. The second-order valence-corrected chi connectivity index (χ2v) is 4.72. The molecule has 0 amide bonds. The number of halogens is 1. The second kappa shape index (κ2) is 3.41. The number of alkyl halides is 1. The maximum absolute atomic E-state index is 11.2. The number of rotatable bonds is 1. The maximum atomic E-state index is 11.2. The van der Waals surface area contributed by atoms with Gasteiger partial charge in [0.15, 0.2) is 0 Å². The van der Waals surface area contributed by atoms with Crippen LogP contribution in [0.1, 0.15) is 26.2 Å². The van der Waals surface area contributed by atoms with Crippen molar-refractivity contribution in [3.8, 4) is 0 Å². The lowest BCUT2D eigenvalue weighted by Crippen LogP contribution is -2.30. The number of hydrogen-bond donors (Lipinski definition) is 0. The van der Waals surface area contributed by atoms with Crippen LogP contribution >= 0.6 is 11.6 Å². The second-order valence-electron chi connectivity index (χ2n) is 4.03. The molecule has 1 aliphatic carbocycles. The average Bonchev–Trinajstić information content (AvgIpc) is 2.46. The molecule has 0 aromatic carbocycles. The Morgan fingerprint density at radius 3 is 3.08 bits per heavy atom. The standard InChI is InChI=1S/C10H14ClNO/c1-6(11)9-5-12-10-4-7(13)2-3-8(9)10/h6,8-9H,2-5H2,1H3. The average molecular weight is 200 g/mol. The summed E-state index contributed by atoms with van der Waals surface area (Å²) in [7, 11) is 0. The molecule has 0 aromatic heterocycles. The highest BCUT2D eigenvalue weighted by Gasteiger charge is 2.37. The van der Waals surface area contributed by atoms with Crippen molar-refractivity contribution < 1.29 is 4.79 Å². The van der Waals surface area contributed by atoms with Gasteiger partial charge in [-0.25, -0.2) is 0 Å². The van der Waals surface area contributed by atoms with Crippen LogP contribution in [0, 0.1) is 11.8 Å². The van der Waals surface area contributed by atoms with Gasteiger partial charge in [0.1, 0.15) is 5.78 Å². The van der Waals surface area contributed by atoms with E-state index in [9.17, 15) is 4.79 Å². The molecule has 2 rings (SSSR count). The van der Waals surface area contributed by atoms with Crippen molar-refractivity contribution in [2.75, 3.05) is 6.54 Å². The van der Waals surface area contributed by atoms with Crippen molar-refractivity contribution in [1.82, 2.24) is 0 Å². The van der Waals surface area contributed by atoms with Gasteiger partial charge in [-0.1, -0.05) is 0 Å². The van der Waals surface area contributed by atoms with Gasteiger partial charge in [-0.2, -0.15) is 0 Å². The van der Waals surface area contributed by atoms with Crippen LogP contribution in [0.5, 0.6) is 0 Å². The summed E-state index contributed by atoms with van der Waals surface area (Å²) in [6.07, 6.45) is 2.29. The molecule has 1 fully saturated rings. The fraction of sp³-hybridized carbons (Fsp3) is 0.800. The fourth-order valence-corrected chi connectivity index (χ4v) is 2.61. The van der Waals surface area contributed by atoms with Crippen LogP contribution in [0.2, 0.25) is 0 Å². The zero-order valence-corrected chi connectivity index (χ0v) is 8.55. The lowest BCUT2D eigenvalue weighted by Gasteiger charge is -2.25. The van der Waals surface area contributed by atoms with E-state index in [4.69, 9.17) is 11.6 Å². The van der Waals surface area contributed by atoms with Gasteiger partial charge < -0.3 is 0 Å². The Kier molecular flexibility index (Phi) is 2.41. The van der Waals surface area contributed by atoms with Gasteiger partial charge in [0.2, 0.25) is 0 Å². The van der Waals surface area contributed by atoms with Crippen LogP contribution < -0.4 is 0 Å². The van der Waals surface area contributed by atoms with Crippen LogP contribution in [0.4, 0.5) is 0 Å².